The van der Waals surface area contributed by atoms with Crippen LogP contribution in [0.1, 0.15) is 13.3 Å². The lowest BCUT2D eigenvalue weighted by molar-refractivity contribution is 0.572. The van der Waals surface area contributed by atoms with E-state index in [9.17, 15) is 8.78 Å². The molecule has 0 aliphatic heterocycles. The molecule has 4 nitrogen and oxygen atoms in total. The number of hydrogen-bond acceptors (Lipinski definition) is 4. The van der Waals surface area contributed by atoms with Crippen molar-refractivity contribution in [3.63, 3.8) is 0 Å². The molecular formula is C9H14F2N4. The third-order valence-corrected chi connectivity index (χ3v) is 1.97. The fourth-order valence-electron chi connectivity index (χ4n) is 1.27. The molecule has 3 N–H and O–H groups in total. The molecule has 0 fully saturated rings. The van der Waals surface area contributed by atoms with Gasteiger partial charge in [0.05, 0.1) is 0 Å². The first-order valence-electron chi connectivity index (χ1n) is 4.64. The largest absolute Gasteiger partial charge is 0.357 e. The summed E-state index contributed by atoms with van der Waals surface area (Å²) < 4.78 is 26.3. The van der Waals surface area contributed by atoms with Crippen LogP contribution in [-0.4, -0.2) is 18.6 Å². The lowest BCUT2D eigenvalue weighted by atomic mass is 10.3. The van der Waals surface area contributed by atoms with Gasteiger partial charge in [0, 0.05) is 19.7 Å². The predicted octanol–water partition coefficient (Wildman–Crippen LogP) is 1.49. The topological polar surface area (TPSA) is 54.2 Å². The first-order valence-corrected chi connectivity index (χ1v) is 4.64. The van der Waals surface area contributed by atoms with Gasteiger partial charge >= 0.3 is 0 Å². The van der Waals surface area contributed by atoms with Gasteiger partial charge in [0.2, 0.25) is 0 Å². The Bertz CT molecular complexity index is 343. The van der Waals surface area contributed by atoms with E-state index in [2.05, 4.69) is 10.4 Å². The molecule has 1 rings (SSSR count). The highest BCUT2D eigenvalue weighted by molar-refractivity contribution is 5.48. The van der Waals surface area contributed by atoms with Gasteiger partial charge in [-0.1, -0.05) is 6.92 Å². The summed E-state index contributed by atoms with van der Waals surface area (Å²) >= 11 is 0. The number of halogens is 2. The van der Waals surface area contributed by atoms with Crippen LogP contribution in [0.15, 0.2) is 6.07 Å². The molecule has 0 unspecified atom stereocenters. The van der Waals surface area contributed by atoms with Crippen LogP contribution in [0.5, 0.6) is 0 Å². The zero-order chi connectivity index (χ0) is 11.4. The Morgan fingerprint density at radius 3 is 2.67 bits per heavy atom. The van der Waals surface area contributed by atoms with Gasteiger partial charge in [-0.25, -0.2) is 19.6 Å². The number of pyridine rings is 1. The molecule has 0 saturated heterocycles. The molecule has 6 heteroatoms. The van der Waals surface area contributed by atoms with Crippen molar-refractivity contribution in [1.29, 1.82) is 0 Å². The van der Waals surface area contributed by atoms with Crippen molar-refractivity contribution in [3.8, 4) is 0 Å². The fourth-order valence-corrected chi connectivity index (χ4v) is 1.27. The summed E-state index contributed by atoms with van der Waals surface area (Å²) in [5.74, 6) is 3.49. The average molecular weight is 216 g/mol. The van der Waals surface area contributed by atoms with Crippen molar-refractivity contribution in [2.75, 3.05) is 23.9 Å². The Hall–Kier alpha value is -1.43. The molecule has 1 aromatic heterocycles. The SMILES string of the molecule is CCCN(C)c1nc(NN)c(F)cc1F. The first kappa shape index (κ1) is 11.6. The molecule has 0 aromatic carbocycles. The lowest BCUT2D eigenvalue weighted by Gasteiger charge is -2.18. The molecule has 0 bridgehead atoms. The Morgan fingerprint density at radius 1 is 1.47 bits per heavy atom. The minimum Gasteiger partial charge on any atom is -0.357 e. The zero-order valence-electron chi connectivity index (χ0n) is 8.72. The number of anilines is 2. The van der Waals surface area contributed by atoms with Crippen LogP contribution in [0.4, 0.5) is 20.4 Å². The molecule has 0 atom stereocenters. The van der Waals surface area contributed by atoms with E-state index in [4.69, 9.17) is 5.84 Å². The summed E-state index contributed by atoms with van der Waals surface area (Å²) in [5.41, 5.74) is 2.08. The Labute approximate surface area is 87.1 Å². The van der Waals surface area contributed by atoms with Gasteiger partial charge in [-0.05, 0) is 6.42 Å². The molecule has 0 aliphatic rings. The van der Waals surface area contributed by atoms with Crippen LogP contribution in [0.2, 0.25) is 0 Å². The molecule has 1 heterocycles. The minimum atomic E-state index is -0.802. The van der Waals surface area contributed by atoms with Crippen LogP contribution in [0.25, 0.3) is 0 Å². The molecule has 1 aromatic rings. The molecule has 0 spiro atoms. The van der Waals surface area contributed by atoms with E-state index in [1.165, 1.54) is 0 Å². The van der Waals surface area contributed by atoms with Crippen LogP contribution in [-0.2, 0) is 0 Å². The number of hydrogen-bond donors (Lipinski definition) is 2. The normalized spacial score (nSPS) is 10.2. The predicted molar refractivity (Wildman–Crippen MR) is 55.5 cm³/mol. The maximum atomic E-state index is 13.3. The molecule has 0 aliphatic carbocycles. The number of nitrogens with two attached hydrogens (primary N) is 1. The molecule has 15 heavy (non-hydrogen) atoms. The molecule has 0 saturated carbocycles. The van der Waals surface area contributed by atoms with E-state index < -0.39 is 11.6 Å². The number of nitrogens with one attached hydrogen (secondary N) is 1. The van der Waals surface area contributed by atoms with Gasteiger partial charge in [0.1, 0.15) is 0 Å². The van der Waals surface area contributed by atoms with Gasteiger partial charge in [0.15, 0.2) is 23.3 Å². The Morgan fingerprint density at radius 2 is 2.13 bits per heavy atom. The van der Waals surface area contributed by atoms with Gasteiger partial charge < -0.3 is 10.3 Å². The smallest absolute Gasteiger partial charge is 0.178 e. The molecule has 0 amide bonds. The van der Waals surface area contributed by atoms with E-state index in [0.29, 0.717) is 6.54 Å². The van der Waals surface area contributed by atoms with Crippen molar-refractivity contribution in [2.24, 2.45) is 5.84 Å². The Balaban J connectivity index is 3.06. The van der Waals surface area contributed by atoms with Gasteiger partial charge in [-0.2, -0.15) is 0 Å². The summed E-state index contributed by atoms with van der Waals surface area (Å²) in [7, 11) is 1.69. The van der Waals surface area contributed by atoms with Crippen LogP contribution in [0, 0.1) is 11.6 Å². The van der Waals surface area contributed by atoms with Crippen LogP contribution in [0.3, 0.4) is 0 Å². The lowest BCUT2D eigenvalue weighted by Crippen LogP contribution is -2.22. The van der Waals surface area contributed by atoms with E-state index in [1.54, 1.807) is 11.9 Å². The molecular weight excluding hydrogens is 202 g/mol. The molecule has 84 valence electrons. The monoisotopic (exact) mass is 216 g/mol. The average Bonchev–Trinajstić information content (AvgIpc) is 2.18. The van der Waals surface area contributed by atoms with E-state index in [-0.39, 0.29) is 11.6 Å². The molecule has 0 radical (unpaired) electrons. The standard InChI is InChI=1S/C9H14F2N4/c1-3-4-15(2)9-7(11)5-6(10)8(13-9)14-12/h5H,3-4,12H2,1-2H3,(H,13,14). The number of rotatable bonds is 4. The highest BCUT2D eigenvalue weighted by atomic mass is 19.1. The van der Waals surface area contributed by atoms with Crippen molar-refractivity contribution < 1.29 is 8.78 Å². The summed E-state index contributed by atoms with van der Waals surface area (Å²) in [5, 5.41) is 0. The highest BCUT2D eigenvalue weighted by Gasteiger charge is 2.13. The minimum absolute atomic E-state index is 0.0891. The van der Waals surface area contributed by atoms with E-state index in [0.717, 1.165) is 12.5 Å². The van der Waals surface area contributed by atoms with Crippen LogP contribution < -0.4 is 16.2 Å². The van der Waals surface area contributed by atoms with Gasteiger partial charge in [-0.15, -0.1) is 0 Å². The Kier molecular flexibility index (Phi) is 3.79. The van der Waals surface area contributed by atoms with Crippen LogP contribution >= 0.6 is 0 Å². The second-order valence-corrected chi connectivity index (χ2v) is 3.19. The summed E-state index contributed by atoms with van der Waals surface area (Å²) in [6, 6.07) is 0.768. The second kappa shape index (κ2) is 4.88. The summed E-state index contributed by atoms with van der Waals surface area (Å²) in [6.07, 6.45) is 0.848. The quantitative estimate of drug-likeness (QED) is 0.591. The second-order valence-electron chi connectivity index (χ2n) is 3.19. The maximum absolute atomic E-state index is 13.3. The summed E-state index contributed by atoms with van der Waals surface area (Å²) in [4.78, 5) is 5.36. The van der Waals surface area contributed by atoms with E-state index in [1.807, 2.05) is 6.92 Å². The zero-order valence-corrected chi connectivity index (χ0v) is 8.72. The van der Waals surface area contributed by atoms with Gasteiger partial charge in [0.25, 0.3) is 0 Å². The van der Waals surface area contributed by atoms with Crippen molar-refractivity contribution >= 4 is 11.6 Å². The highest BCUT2D eigenvalue weighted by Crippen LogP contribution is 2.20. The number of nitrogens with zero attached hydrogens (tertiary/aromatic N) is 2. The summed E-state index contributed by atoms with van der Waals surface area (Å²) in [6.45, 7) is 2.60. The third-order valence-electron chi connectivity index (χ3n) is 1.97. The fraction of sp³-hybridized carbons (Fsp3) is 0.444. The number of hydrazine groups is 1. The number of aromatic nitrogens is 1. The van der Waals surface area contributed by atoms with Crippen molar-refractivity contribution in [2.45, 2.75) is 13.3 Å². The number of nitrogen functional groups attached to an aromatic ring is 1. The van der Waals surface area contributed by atoms with E-state index >= 15 is 0 Å². The van der Waals surface area contributed by atoms with Gasteiger partial charge in [-0.3, -0.25) is 0 Å². The third kappa shape index (κ3) is 2.53. The van der Waals surface area contributed by atoms with Crippen molar-refractivity contribution in [1.82, 2.24) is 4.98 Å². The first-order chi connectivity index (χ1) is 7.10. The van der Waals surface area contributed by atoms with Crippen molar-refractivity contribution in [3.05, 3.63) is 17.7 Å². The maximum Gasteiger partial charge on any atom is 0.178 e.